The van der Waals surface area contributed by atoms with Crippen molar-refractivity contribution in [3.63, 3.8) is 0 Å². The number of carbonyl (C=O) groups excluding carboxylic acids is 3. The Balaban J connectivity index is 1.74. The second-order valence-corrected chi connectivity index (χ2v) is 9.00. The van der Waals surface area contributed by atoms with Gasteiger partial charge in [0, 0.05) is 20.0 Å². The average molecular weight is 434 g/mol. The number of carboxylic acids is 1. The van der Waals surface area contributed by atoms with E-state index in [1.807, 2.05) is 30.3 Å². The molecule has 9 heteroatoms. The van der Waals surface area contributed by atoms with E-state index in [9.17, 15) is 24.3 Å². The van der Waals surface area contributed by atoms with E-state index in [1.165, 1.54) is 11.9 Å². The number of amides is 2. The van der Waals surface area contributed by atoms with Crippen molar-refractivity contribution in [2.75, 3.05) is 13.1 Å². The van der Waals surface area contributed by atoms with Gasteiger partial charge in [-0.3, -0.25) is 19.4 Å². The Labute approximate surface area is 179 Å². The van der Waals surface area contributed by atoms with Crippen LogP contribution >= 0.6 is 11.8 Å². The molecule has 30 heavy (non-hydrogen) atoms. The van der Waals surface area contributed by atoms with Gasteiger partial charge >= 0.3 is 5.97 Å². The molecule has 0 aliphatic carbocycles. The Hall–Kier alpha value is -2.39. The average Bonchev–Trinajstić information content (AvgIpc) is 2.87. The van der Waals surface area contributed by atoms with Crippen molar-refractivity contribution in [1.82, 2.24) is 15.3 Å². The van der Waals surface area contributed by atoms with Gasteiger partial charge in [-0.1, -0.05) is 42.1 Å². The molecule has 2 saturated heterocycles. The minimum atomic E-state index is -1.03. The predicted molar refractivity (Wildman–Crippen MR) is 112 cm³/mol. The van der Waals surface area contributed by atoms with Crippen molar-refractivity contribution < 1.29 is 24.3 Å². The summed E-state index contributed by atoms with van der Waals surface area (Å²) in [7, 11) is 0. The monoisotopic (exact) mass is 433 g/mol. The molecular formula is C21H27N3O5S. The third-order valence-corrected chi connectivity index (χ3v) is 6.39. The van der Waals surface area contributed by atoms with Crippen LogP contribution in [0.15, 0.2) is 30.3 Å². The van der Waals surface area contributed by atoms with Crippen LogP contribution < -0.4 is 5.32 Å². The Morgan fingerprint density at radius 1 is 1.17 bits per heavy atom. The molecule has 0 bridgehead atoms. The summed E-state index contributed by atoms with van der Waals surface area (Å²) in [5.41, 5.74) is 0.923. The summed E-state index contributed by atoms with van der Waals surface area (Å²) in [6.07, 6.45) is 2.59. The highest BCUT2D eigenvalue weighted by Gasteiger charge is 2.42. The fourth-order valence-electron chi connectivity index (χ4n) is 4.01. The summed E-state index contributed by atoms with van der Waals surface area (Å²) in [5.74, 6) is -1.80. The van der Waals surface area contributed by atoms with E-state index in [0.717, 1.165) is 17.3 Å². The first kappa shape index (κ1) is 22.3. The van der Waals surface area contributed by atoms with Crippen LogP contribution in [0.5, 0.6) is 0 Å². The quantitative estimate of drug-likeness (QED) is 0.699. The molecule has 2 aliphatic heterocycles. The van der Waals surface area contributed by atoms with Crippen LogP contribution in [0.1, 0.15) is 38.2 Å². The fourth-order valence-corrected chi connectivity index (χ4v) is 4.86. The van der Waals surface area contributed by atoms with Gasteiger partial charge in [0.25, 0.3) is 5.91 Å². The molecule has 2 aliphatic rings. The van der Waals surface area contributed by atoms with Gasteiger partial charge in [-0.05, 0) is 37.7 Å². The number of rotatable bonds is 6. The number of nitrogens with zero attached hydrogens (tertiary/aromatic N) is 2. The number of fused-ring (bicyclic) bond motifs is 1. The van der Waals surface area contributed by atoms with Crippen LogP contribution in [0.4, 0.5) is 0 Å². The largest absolute Gasteiger partial charge is 0.480 e. The number of nitrogens with one attached hydrogen (secondary N) is 1. The number of benzene rings is 1. The standard InChI is InChI=1S/C21H27N3O5S/c1-14(25)30-18(13-15-7-3-2-4-8-15)19(26)22-16-9-5-11-23-12-6-10-17(21(28)29)24(23)20(16)27/h2-4,7-8,16-18H,5-6,9-13H2,1H3,(H,22,26)(H,28,29)/t16?,17-,18-/m0/s1. The summed E-state index contributed by atoms with van der Waals surface area (Å²) < 4.78 is 0. The zero-order chi connectivity index (χ0) is 21.7. The van der Waals surface area contributed by atoms with E-state index < -0.39 is 23.3 Å². The molecule has 1 aromatic rings. The van der Waals surface area contributed by atoms with Gasteiger partial charge in [0.2, 0.25) is 5.91 Å². The third kappa shape index (κ3) is 5.40. The highest BCUT2D eigenvalue weighted by molar-refractivity contribution is 8.14. The maximum Gasteiger partial charge on any atom is 0.328 e. The molecule has 0 radical (unpaired) electrons. The van der Waals surface area contributed by atoms with Gasteiger partial charge in [-0.15, -0.1) is 0 Å². The molecule has 1 aromatic carbocycles. The van der Waals surface area contributed by atoms with Gasteiger partial charge in [-0.2, -0.15) is 0 Å². The van der Waals surface area contributed by atoms with Crippen LogP contribution in [0.3, 0.4) is 0 Å². The number of aliphatic carboxylic acids is 1. The Morgan fingerprint density at radius 3 is 2.47 bits per heavy atom. The molecule has 2 fully saturated rings. The van der Waals surface area contributed by atoms with Crippen molar-refractivity contribution in [2.45, 2.75) is 56.4 Å². The second-order valence-electron chi connectivity index (χ2n) is 7.62. The van der Waals surface area contributed by atoms with Crippen molar-refractivity contribution in [1.29, 1.82) is 0 Å². The van der Waals surface area contributed by atoms with E-state index in [4.69, 9.17) is 0 Å². The highest BCUT2D eigenvalue weighted by Crippen LogP contribution is 2.25. The van der Waals surface area contributed by atoms with E-state index in [-0.39, 0.29) is 16.9 Å². The molecule has 2 amide bonds. The normalized spacial score (nSPS) is 23.2. The van der Waals surface area contributed by atoms with Gasteiger partial charge in [0.1, 0.15) is 12.1 Å². The summed E-state index contributed by atoms with van der Waals surface area (Å²) in [6, 6.07) is 7.69. The van der Waals surface area contributed by atoms with E-state index in [0.29, 0.717) is 45.2 Å². The molecule has 162 valence electrons. The van der Waals surface area contributed by atoms with E-state index >= 15 is 0 Å². The summed E-state index contributed by atoms with van der Waals surface area (Å²) in [6.45, 7) is 2.63. The van der Waals surface area contributed by atoms with Crippen LogP contribution in [0.25, 0.3) is 0 Å². The number of carbonyl (C=O) groups is 4. The summed E-state index contributed by atoms with van der Waals surface area (Å²) in [5, 5.41) is 14.7. The Kier molecular flexibility index (Phi) is 7.49. The zero-order valence-corrected chi connectivity index (χ0v) is 17.8. The van der Waals surface area contributed by atoms with E-state index in [2.05, 4.69) is 5.32 Å². The topological polar surface area (TPSA) is 107 Å². The molecule has 0 spiro atoms. The van der Waals surface area contributed by atoms with Crippen molar-refractivity contribution >= 4 is 34.7 Å². The maximum absolute atomic E-state index is 13.2. The van der Waals surface area contributed by atoms with Gasteiger partial charge in [0.05, 0.1) is 5.25 Å². The Bertz CT molecular complexity index is 803. The lowest BCUT2D eigenvalue weighted by Gasteiger charge is -2.42. The number of thioether (sulfide) groups is 1. The fraction of sp³-hybridized carbons (Fsp3) is 0.524. The highest BCUT2D eigenvalue weighted by atomic mass is 32.2. The zero-order valence-electron chi connectivity index (χ0n) is 17.0. The molecule has 3 rings (SSSR count). The number of hydrazine groups is 1. The minimum absolute atomic E-state index is 0.175. The first-order valence-corrected chi connectivity index (χ1v) is 11.1. The van der Waals surface area contributed by atoms with Crippen molar-refractivity contribution in [3.05, 3.63) is 35.9 Å². The van der Waals surface area contributed by atoms with Gasteiger partial charge in [-0.25, -0.2) is 9.80 Å². The molecule has 2 N–H and O–H groups in total. The summed E-state index contributed by atoms with van der Waals surface area (Å²) in [4.78, 5) is 49.5. The molecular weight excluding hydrogens is 406 g/mol. The Morgan fingerprint density at radius 2 is 1.83 bits per heavy atom. The van der Waals surface area contributed by atoms with E-state index in [1.54, 1.807) is 5.01 Å². The lowest BCUT2D eigenvalue weighted by atomic mass is 10.1. The lowest BCUT2D eigenvalue weighted by Crippen LogP contribution is -2.61. The minimum Gasteiger partial charge on any atom is -0.480 e. The van der Waals surface area contributed by atoms with Crippen LogP contribution in [0, 0.1) is 0 Å². The first-order chi connectivity index (χ1) is 14.4. The molecule has 8 nitrogen and oxygen atoms in total. The van der Waals surface area contributed by atoms with Gasteiger partial charge < -0.3 is 10.4 Å². The maximum atomic E-state index is 13.2. The second kappa shape index (κ2) is 10.1. The number of carboxylic acid groups (broad SMARTS) is 1. The molecule has 3 atom stereocenters. The van der Waals surface area contributed by atoms with Crippen molar-refractivity contribution in [2.24, 2.45) is 0 Å². The van der Waals surface area contributed by atoms with Crippen LogP contribution in [-0.2, 0) is 25.6 Å². The molecule has 0 saturated carbocycles. The lowest BCUT2D eigenvalue weighted by molar-refractivity contribution is -0.174. The molecule has 2 heterocycles. The van der Waals surface area contributed by atoms with Gasteiger partial charge in [0.15, 0.2) is 5.12 Å². The smallest absolute Gasteiger partial charge is 0.328 e. The molecule has 1 unspecified atom stereocenters. The first-order valence-electron chi connectivity index (χ1n) is 10.2. The van der Waals surface area contributed by atoms with Crippen molar-refractivity contribution in [3.8, 4) is 0 Å². The van der Waals surface area contributed by atoms with Crippen LogP contribution in [0.2, 0.25) is 0 Å². The predicted octanol–water partition coefficient (Wildman–Crippen LogP) is 1.45. The third-order valence-electron chi connectivity index (χ3n) is 5.39. The SMILES string of the molecule is CC(=O)S[C@@H](Cc1ccccc1)C(=O)NC1CCCN2CCC[C@@H](C(=O)O)N2C1=O. The molecule has 0 aromatic heterocycles. The number of hydrogen-bond acceptors (Lipinski definition) is 6. The summed E-state index contributed by atoms with van der Waals surface area (Å²) >= 11 is 0.945. The number of hydrogen-bond donors (Lipinski definition) is 2. The van der Waals surface area contributed by atoms with Crippen LogP contribution in [-0.4, -0.2) is 68.4 Å².